The van der Waals surface area contributed by atoms with Crippen LogP contribution in [0.5, 0.6) is 0 Å². The average molecular weight is 1050 g/mol. The predicted octanol–water partition coefficient (Wildman–Crippen LogP) is 19.7. The molecule has 436 valence electrons. The summed E-state index contributed by atoms with van der Waals surface area (Å²) in [6, 6.07) is 0.356. The first-order chi connectivity index (χ1) is 36.4. The summed E-state index contributed by atoms with van der Waals surface area (Å²) in [6.45, 7) is 30.1. The molecule has 3 saturated carbocycles. The summed E-state index contributed by atoms with van der Waals surface area (Å²) in [5.74, 6) is 3.45. The molecule has 3 fully saturated rings. The van der Waals surface area contributed by atoms with Gasteiger partial charge < -0.3 is 19.9 Å². The zero-order valence-corrected chi connectivity index (χ0v) is 51.5. The maximum atomic E-state index is 13.3. The van der Waals surface area contributed by atoms with Crippen LogP contribution in [0, 0.1) is 29.1 Å². The molecule has 0 heterocycles. The quantitative estimate of drug-likeness (QED) is 0.0486. The number of carbonyl (C=O) groups is 2. The number of hydrogen-bond donors (Lipinski definition) is 1. The van der Waals surface area contributed by atoms with Gasteiger partial charge in [-0.25, -0.2) is 0 Å². The van der Waals surface area contributed by atoms with Crippen molar-refractivity contribution in [3.8, 4) is 0 Å². The zero-order valence-electron chi connectivity index (χ0n) is 51.5. The molecule has 3 aliphatic rings. The molecular weight excluding hydrogens is 919 g/mol. The molecule has 1 amide bonds. The van der Waals surface area contributed by atoms with E-state index >= 15 is 0 Å². The number of unbranched alkanes of at least 4 members (excludes halogenated alkanes) is 21. The van der Waals surface area contributed by atoms with Crippen molar-refractivity contribution in [1.82, 2.24) is 15.1 Å². The van der Waals surface area contributed by atoms with E-state index in [4.69, 9.17) is 4.74 Å². The number of carbonyl (C=O) groups excluding carboxylic acids is 2. The van der Waals surface area contributed by atoms with Gasteiger partial charge in [-0.2, -0.15) is 0 Å². The fourth-order valence-corrected chi connectivity index (χ4v) is 13.9. The molecule has 6 unspecified atom stereocenters. The second kappa shape index (κ2) is 42.0. The van der Waals surface area contributed by atoms with E-state index in [1.54, 1.807) is 5.57 Å². The molecule has 0 spiro atoms. The number of esters is 1. The number of amides is 1. The minimum atomic E-state index is -0.0301. The SMILES string of the molecule is C=C1CCC(OC(=O)CCCCCN(CCCCCCC(=O)NC(CCCCCCCCCC)CCCCCCCCCCCC)CCN(CC)CC)C/C1=C/C=C1\CCCC2(C)C1CCC2C(C)CCCC(C)C. The lowest BCUT2D eigenvalue weighted by Crippen LogP contribution is -2.36. The van der Waals surface area contributed by atoms with E-state index in [2.05, 4.69) is 89.2 Å². The lowest BCUT2D eigenvalue weighted by molar-refractivity contribution is -0.149. The number of allylic oxidation sites excluding steroid dienone is 4. The predicted molar refractivity (Wildman–Crippen MR) is 326 cm³/mol. The minimum absolute atomic E-state index is 0.0204. The van der Waals surface area contributed by atoms with E-state index in [0.29, 0.717) is 30.2 Å². The highest BCUT2D eigenvalue weighted by atomic mass is 16.5. The van der Waals surface area contributed by atoms with Gasteiger partial charge in [0.2, 0.25) is 5.91 Å². The van der Waals surface area contributed by atoms with Crippen molar-refractivity contribution in [2.45, 2.75) is 324 Å². The van der Waals surface area contributed by atoms with Crippen molar-refractivity contribution < 1.29 is 14.3 Å². The summed E-state index contributed by atoms with van der Waals surface area (Å²) in [7, 11) is 0. The Morgan fingerprint density at radius 3 is 1.76 bits per heavy atom. The van der Waals surface area contributed by atoms with Crippen LogP contribution in [-0.4, -0.2) is 73.1 Å². The second-order valence-electron chi connectivity index (χ2n) is 25.6. The Kier molecular flexibility index (Phi) is 37.7. The smallest absolute Gasteiger partial charge is 0.306 e. The number of nitrogens with one attached hydrogen (secondary N) is 1. The Balaban J connectivity index is 1.37. The highest BCUT2D eigenvalue weighted by molar-refractivity contribution is 5.76. The average Bonchev–Trinajstić information content (AvgIpc) is 3.76. The Labute approximate surface area is 467 Å². The van der Waals surface area contributed by atoms with Gasteiger partial charge in [-0.05, 0) is 144 Å². The van der Waals surface area contributed by atoms with Crippen LogP contribution in [0.25, 0.3) is 0 Å². The minimum Gasteiger partial charge on any atom is -0.462 e. The fourth-order valence-electron chi connectivity index (χ4n) is 13.9. The Bertz CT molecular complexity index is 1530. The number of rotatable bonds is 46. The molecule has 0 radical (unpaired) electrons. The molecule has 6 heteroatoms. The second-order valence-corrected chi connectivity index (χ2v) is 25.6. The van der Waals surface area contributed by atoms with Crippen LogP contribution in [-0.2, 0) is 14.3 Å². The van der Waals surface area contributed by atoms with Gasteiger partial charge in [0, 0.05) is 38.4 Å². The molecule has 3 rings (SSSR count). The number of ether oxygens (including phenoxy) is 1. The maximum absolute atomic E-state index is 13.3. The van der Waals surface area contributed by atoms with Crippen molar-refractivity contribution in [2.24, 2.45) is 29.1 Å². The van der Waals surface area contributed by atoms with Crippen molar-refractivity contribution >= 4 is 11.9 Å². The van der Waals surface area contributed by atoms with E-state index < -0.39 is 0 Å². The largest absolute Gasteiger partial charge is 0.462 e. The van der Waals surface area contributed by atoms with Crippen LogP contribution in [0.15, 0.2) is 35.5 Å². The van der Waals surface area contributed by atoms with Gasteiger partial charge in [0.15, 0.2) is 0 Å². The first kappa shape index (κ1) is 67.4. The normalized spacial score (nSPS) is 22.0. The fraction of sp³-hybridized carbons (Fsp3) is 0.884. The van der Waals surface area contributed by atoms with E-state index in [0.717, 1.165) is 121 Å². The Hall–Kier alpha value is -1.92. The summed E-state index contributed by atoms with van der Waals surface area (Å²) < 4.78 is 6.17. The molecule has 1 N–H and O–H groups in total. The summed E-state index contributed by atoms with van der Waals surface area (Å²) in [5, 5.41) is 3.52. The van der Waals surface area contributed by atoms with Crippen molar-refractivity contribution in [3.05, 3.63) is 35.5 Å². The molecule has 0 bridgehead atoms. The van der Waals surface area contributed by atoms with E-state index in [9.17, 15) is 9.59 Å². The van der Waals surface area contributed by atoms with Crippen molar-refractivity contribution in [1.29, 1.82) is 0 Å². The third kappa shape index (κ3) is 29.2. The monoisotopic (exact) mass is 1050 g/mol. The first-order valence-electron chi connectivity index (χ1n) is 33.4. The Morgan fingerprint density at radius 1 is 0.613 bits per heavy atom. The molecule has 0 saturated heterocycles. The number of nitrogens with zero attached hydrogens (tertiary/aromatic N) is 2. The van der Waals surface area contributed by atoms with Gasteiger partial charge in [-0.15, -0.1) is 0 Å². The topological polar surface area (TPSA) is 61.9 Å². The van der Waals surface area contributed by atoms with E-state index in [1.165, 1.54) is 191 Å². The third-order valence-corrected chi connectivity index (χ3v) is 18.9. The van der Waals surface area contributed by atoms with Crippen LogP contribution < -0.4 is 5.32 Å². The number of likely N-dealkylation sites (N-methyl/N-ethyl adjacent to an activating group) is 1. The van der Waals surface area contributed by atoms with E-state index in [1.807, 2.05) is 0 Å². The van der Waals surface area contributed by atoms with Gasteiger partial charge in [-0.1, -0.05) is 239 Å². The highest BCUT2D eigenvalue weighted by Gasteiger charge is 2.50. The summed E-state index contributed by atoms with van der Waals surface area (Å²) >= 11 is 0. The van der Waals surface area contributed by atoms with E-state index in [-0.39, 0.29) is 18.0 Å². The molecule has 0 aromatic carbocycles. The van der Waals surface area contributed by atoms with Gasteiger partial charge in [-0.3, -0.25) is 9.59 Å². The third-order valence-electron chi connectivity index (χ3n) is 18.9. The van der Waals surface area contributed by atoms with Crippen molar-refractivity contribution in [2.75, 3.05) is 39.3 Å². The summed E-state index contributed by atoms with van der Waals surface area (Å²) in [5.41, 5.74) is 4.64. The van der Waals surface area contributed by atoms with Gasteiger partial charge in [0.1, 0.15) is 6.10 Å². The number of hydrogen-bond acceptors (Lipinski definition) is 5. The van der Waals surface area contributed by atoms with Gasteiger partial charge >= 0.3 is 5.97 Å². The summed E-state index contributed by atoms with van der Waals surface area (Å²) in [4.78, 5) is 31.7. The lowest BCUT2D eigenvalue weighted by atomic mass is 9.60. The molecule has 0 aromatic rings. The standard InChI is InChI=1S/C69H127N3O3/c1-10-14-16-18-20-22-23-25-27-32-43-63(42-31-26-24-21-19-17-15-11-2)70-67(73)44-33-28-29-35-53-72(56-55-71(12-3)13-4)54-36-30-34-45-68(74)75-64-49-46-59(7)62(57-64)48-47-61-41-38-52-69(9)65(50-51-66(61)69)60(8)40-37-39-58(5)6/h47-48,58,60,63-66H,7,10-46,49-57H2,1-6,8-9H3,(H,70,73)/b61-47+,62-48-. The molecule has 75 heavy (non-hydrogen) atoms. The molecule has 6 nitrogen and oxygen atoms in total. The van der Waals surface area contributed by atoms with Gasteiger partial charge in [0.05, 0.1) is 0 Å². The molecular formula is C69H127N3O3. The van der Waals surface area contributed by atoms with Crippen LogP contribution in [0.3, 0.4) is 0 Å². The van der Waals surface area contributed by atoms with Crippen molar-refractivity contribution in [3.63, 3.8) is 0 Å². The molecule has 0 aromatic heterocycles. The van der Waals surface area contributed by atoms with Crippen LogP contribution in [0.1, 0.15) is 312 Å². The van der Waals surface area contributed by atoms with Crippen LogP contribution in [0.4, 0.5) is 0 Å². The van der Waals surface area contributed by atoms with Crippen LogP contribution >= 0.6 is 0 Å². The first-order valence-corrected chi connectivity index (χ1v) is 33.4. The summed E-state index contributed by atoms with van der Waals surface area (Å²) in [6.07, 6.45) is 53.7. The number of fused-ring (bicyclic) bond motifs is 1. The lowest BCUT2D eigenvalue weighted by Gasteiger charge is -2.44. The Morgan fingerprint density at radius 2 is 1.16 bits per heavy atom. The highest BCUT2D eigenvalue weighted by Crippen LogP contribution is 2.60. The van der Waals surface area contributed by atoms with Gasteiger partial charge in [0.25, 0.3) is 0 Å². The maximum Gasteiger partial charge on any atom is 0.306 e. The zero-order chi connectivity index (χ0) is 54.4. The molecule has 6 atom stereocenters. The molecule has 0 aliphatic heterocycles. The van der Waals surface area contributed by atoms with Crippen LogP contribution in [0.2, 0.25) is 0 Å². The molecule has 3 aliphatic carbocycles.